The molecule has 3 heteroatoms. The van der Waals surface area contributed by atoms with E-state index in [0.717, 1.165) is 39.3 Å². The van der Waals surface area contributed by atoms with Crippen LogP contribution in [0.15, 0.2) is 78.9 Å². The van der Waals surface area contributed by atoms with E-state index in [9.17, 15) is 0 Å². The topological polar surface area (TPSA) is 30.2 Å². The molecule has 2 heterocycles. The summed E-state index contributed by atoms with van der Waals surface area (Å²) in [7, 11) is 0. The van der Waals surface area contributed by atoms with Gasteiger partial charge in [-0.25, -0.2) is 9.97 Å². The first-order valence-corrected chi connectivity index (χ1v) is 9.11. The Morgan fingerprint density at radius 2 is 1.30 bits per heavy atom. The van der Waals surface area contributed by atoms with Crippen molar-refractivity contribution in [2.24, 2.45) is 0 Å². The molecule has 5 rings (SSSR count). The third kappa shape index (κ3) is 2.68. The molecule has 130 valence electrons. The van der Waals surface area contributed by atoms with Crippen LogP contribution in [-0.2, 0) is 0 Å². The molecule has 2 aromatic heterocycles. The quantitative estimate of drug-likeness (QED) is 0.401. The molecular formula is C24H19N3. The van der Waals surface area contributed by atoms with Crippen molar-refractivity contribution >= 4 is 16.8 Å². The summed E-state index contributed by atoms with van der Waals surface area (Å²) in [6.07, 6.45) is 0. The van der Waals surface area contributed by atoms with Crippen molar-refractivity contribution < 1.29 is 0 Å². The number of hydrogen-bond acceptors (Lipinski definition) is 2. The zero-order chi connectivity index (χ0) is 18.4. The molecule has 3 nitrogen and oxygen atoms in total. The molecule has 0 aliphatic rings. The Morgan fingerprint density at radius 1 is 0.667 bits per heavy atom. The minimum Gasteiger partial charge on any atom is -0.276 e. The predicted molar refractivity (Wildman–Crippen MR) is 111 cm³/mol. The Hall–Kier alpha value is -3.46. The van der Waals surface area contributed by atoms with E-state index in [2.05, 4.69) is 78.9 Å². The molecule has 0 saturated heterocycles. The molecule has 0 N–H and O–H groups in total. The highest BCUT2D eigenvalue weighted by molar-refractivity contribution is 5.84. The Labute approximate surface area is 158 Å². The lowest BCUT2D eigenvalue weighted by atomic mass is 10.1. The van der Waals surface area contributed by atoms with E-state index in [1.807, 2.05) is 18.2 Å². The smallest absolute Gasteiger partial charge is 0.235 e. The Kier molecular flexibility index (Phi) is 3.54. The molecule has 5 aromatic rings. The van der Waals surface area contributed by atoms with E-state index in [4.69, 9.17) is 9.97 Å². The second-order valence-electron chi connectivity index (χ2n) is 6.99. The van der Waals surface area contributed by atoms with Crippen molar-refractivity contribution in [1.29, 1.82) is 0 Å². The second kappa shape index (κ2) is 6.06. The van der Waals surface area contributed by atoms with E-state index in [-0.39, 0.29) is 0 Å². The molecule has 0 spiro atoms. The highest BCUT2D eigenvalue weighted by Gasteiger charge is 2.14. The largest absolute Gasteiger partial charge is 0.276 e. The third-order valence-electron chi connectivity index (χ3n) is 4.97. The molecule has 0 bridgehead atoms. The Bertz CT molecular complexity index is 1260. The number of hydrogen-bond donors (Lipinski definition) is 0. The highest BCUT2D eigenvalue weighted by Crippen LogP contribution is 2.29. The summed E-state index contributed by atoms with van der Waals surface area (Å²) in [6.45, 7) is 4.20. The molecular weight excluding hydrogens is 330 g/mol. The van der Waals surface area contributed by atoms with Gasteiger partial charge in [0, 0.05) is 5.56 Å². The molecule has 0 saturated carbocycles. The van der Waals surface area contributed by atoms with Crippen LogP contribution in [0, 0.1) is 13.8 Å². The van der Waals surface area contributed by atoms with Crippen LogP contribution in [0.2, 0.25) is 0 Å². The fraction of sp³-hybridized carbons (Fsp3) is 0.0833. The summed E-state index contributed by atoms with van der Waals surface area (Å²) < 4.78 is 2.15. The Morgan fingerprint density at radius 3 is 2.00 bits per heavy atom. The molecule has 0 aliphatic heterocycles. The minimum atomic E-state index is 0.727. The lowest BCUT2D eigenvalue weighted by molar-refractivity contribution is 1.14. The molecule has 0 unspecified atom stereocenters. The number of benzene rings is 3. The maximum atomic E-state index is 4.87. The van der Waals surface area contributed by atoms with Crippen LogP contribution in [0.5, 0.6) is 0 Å². The maximum Gasteiger partial charge on any atom is 0.235 e. The zero-order valence-electron chi connectivity index (χ0n) is 15.3. The van der Waals surface area contributed by atoms with E-state index in [1.165, 1.54) is 11.1 Å². The summed E-state index contributed by atoms with van der Waals surface area (Å²) in [5.41, 5.74) is 8.82. The summed E-state index contributed by atoms with van der Waals surface area (Å²) in [6, 6.07) is 27.5. The monoisotopic (exact) mass is 349 g/mol. The number of aryl methyl sites for hydroxylation is 2. The number of nitrogens with zero attached hydrogens (tertiary/aromatic N) is 3. The second-order valence-corrected chi connectivity index (χ2v) is 6.99. The van der Waals surface area contributed by atoms with Gasteiger partial charge in [-0.2, -0.15) is 0 Å². The van der Waals surface area contributed by atoms with Gasteiger partial charge in [-0.3, -0.25) is 4.40 Å². The molecule has 27 heavy (non-hydrogen) atoms. The average Bonchev–Trinajstić information content (AvgIpc) is 3.07. The van der Waals surface area contributed by atoms with Gasteiger partial charge in [0.25, 0.3) is 0 Å². The molecule has 0 radical (unpaired) electrons. The fourth-order valence-corrected chi connectivity index (χ4v) is 3.47. The van der Waals surface area contributed by atoms with Crippen LogP contribution in [-0.4, -0.2) is 14.4 Å². The van der Waals surface area contributed by atoms with Crippen LogP contribution in [0.4, 0.5) is 0 Å². The molecule has 0 fully saturated rings. The van der Waals surface area contributed by atoms with Crippen molar-refractivity contribution in [1.82, 2.24) is 14.4 Å². The highest BCUT2D eigenvalue weighted by atomic mass is 15.1. The van der Waals surface area contributed by atoms with Crippen LogP contribution < -0.4 is 0 Å². The number of imidazole rings is 1. The van der Waals surface area contributed by atoms with Crippen LogP contribution in [0.25, 0.3) is 39.3 Å². The lowest BCUT2D eigenvalue weighted by Crippen LogP contribution is -1.97. The van der Waals surface area contributed by atoms with Crippen molar-refractivity contribution in [3.63, 3.8) is 0 Å². The first-order valence-electron chi connectivity index (χ1n) is 9.11. The SMILES string of the molecule is Cc1ccc(-c2cc(-c3ccc(C)cc3)n3c(n2)nc2ccccc23)cc1. The molecule has 0 aliphatic carbocycles. The van der Waals surface area contributed by atoms with Gasteiger partial charge in [-0.1, -0.05) is 71.8 Å². The fourth-order valence-electron chi connectivity index (χ4n) is 3.47. The molecule has 0 amide bonds. The van der Waals surface area contributed by atoms with E-state index in [0.29, 0.717) is 0 Å². The van der Waals surface area contributed by atoms with Gasteiger partial charge in [0.05, 0.1) is 22.4 Å². The third-order valence-corrected chi connectivity index (χ3v) is 4.97. The van der Waals surface area contributed by atoms with Crippen LogP contribution in [0.3, 0.4) is 0 Å². The van der Waals surface area contributed by atoms with E-state index < -0.39 is 0 Å². The Balaban J connectivity index is 1.85. The first kappa shape index (κ1) is 15.8. The van der Waals surface area contributed by atoms with Crippen molar-refractivity contribution in [2.75, 3.05) is 0 Å². The minimum absolute atomic E-state index is 0.727. The average molecular weight is 349 g/mol. The van der Waals surface area contributed by atoms with Gasteiger partial charge in [0.1, 0.15) is 0 Å². The summed E-state index contributed by atoms with van der Waals surface area (Å²) in [4.78, 5) is 9.64. The van der Waals surface area contributed by atoms with Gasteiger partial charge in [-0.05, 0) is 37.6 Å². The predicted octanol–water partition coefficient (Wildman–Crippen LogP) is 5.83. The summed E-state index contributed by atoms with van der Waals surface area (Å²) in [5, 5.41) is 0. The van der Waals surface area contributed by atoms with Gasteiger partial charge >= 0.3 is 0 Å². The number of aromatic nitrogens is 3. The van der Waals surface area contributed by atoms with Crippen molar-refractivity contribution in [3.05, 3.63) is 90.0 Å². The summed E-state index contributed by atoms with van der Waals surface area (Å²) in [5.74, 6) is 0.727. The lowest BCUT2D eigenvalue weighted by Gasteiger charge is -2.10. The standard InChI is InChI=1S/C24H19N3/c1-16-7-11-18(12-8-16)21-15-23(19-13-9-17(2)10-14-19)27-22-6-4-3-5-20(22)25-24(27)26-21/h3-15H,1-2H3. The number of rotatable bonds is 2. The van der Waals surface area contributed by atoms with Crippen LogP contribution >= 0.6 is 0 Å². The van der Waals surface area contributed by atoms with Gasteiger partial charge in [0.15, 0.2) is 0 Å². The maximum absolute atomic E-state index is 4.87. The summed E-state index contributed by atoms with van der Waals surface area (Å²) >= 11 is 0. The van der Waals surface area contributed by atoms with Crippen LogP contribution in [0.1, 0.15) is 11.1 Å². The van der Waals surface area contributed by atoms with E-state index >= 15 is 0 Å². The van der Waals surface area contributed by atoms with Gasteiger partial charge in [0.2, 0.25) is 5.78 Å². The van der Waals surface area contributed by atoms with E-state index in [1.54, 1.807) is 0 Å². The number of fused-ring (bicyclic) bond motifs is 3. The van der Waals surface area contributed by atoms with Crippen molar-refractivity contribution in [2.45, 2.75) is 13.8 Å². The molecule has 3 aromatic carbocycles. The molecule has 0 atom stereocenters. The van der Waals surface area contributed by atoms with Crippen molar-refractivity contribution in [3.8, 4) is 22.5 Å². The number of para-hydroxylation sites is 2. The van der Waals surface area contributed by atoms with Gasteiger partial charge in [-0.15, -0.1) is 0 Å². The van der Waals surface area contributed by atoms with Gasteiger partial charge < -0.3 is 0 Å². The first-order chi connectivity index (χ1) is 13.2. The normalized spacial score (nSPS) is 11.3. The zero-order valence-corrected chi connectivity index (χ0v) is 15.3.